The fourth-order valence-electron chi connectivity index (χ4n) is 1.95. The van der Waals surface area contributed by atoms with Gasteiger partial charge in [-0.05, 0) is 50.6 Å². The number of carbonyl (C=O) groups is 1. The molecule has 0 bridgehead atoms. The zero-order valence-corrected chi connectivity index (χ0v) is 13.3. The third-order valence-electron chi connectivity index (χ3n) is 3.11. The topological polar surface area (TPSA) is 80.7 Å². The van der Waals surface area contributed by atoms with E-state index in [1.54, 1.807) is 19.1 Å². The molecule has 22 heavy (non-hydrogen) atoms. The molecule has 0 aliphatic heterocycles. The van der Waals surface area contributed by atoms with Gasteiger partial charge in [-0.25, -0.2) is 0 Å². The number of benzene rings is 2. The van der Waals surface area contributed by atoms with Gasteiger partial charge in [-0.3, -0.25) is 4.79 Å². The summed E-state index contributed by atoms with van der Waals surface area (Å²) in [6.07, 6.45) is 0. The van der Waals surface area contributed by atoms with Crippen molar-refractivity contribution in [2.45, 2.75) is 25.7 Å². The molecular weight excluding hydrogens is 304 g/mol. The van der Waals surface area contributed by atoms with Gasteiger partial charge in [-0.2, -0.15) is 8.42 Å². The van der Waals surface area contributed by atoms with Crippen molar-refractivity contribution >= 4 is 15.9 Å². The molecule has 0 spiro atoms. The maximum absolute atomic E-state index is 12.2. The molecule has 0 aromatic heterocycles. The summed E-state index contributed by atoms with van der Waals surface area (Å²) in [5, 5.41) is 10.0. The molecule has 116 valence electrons. The van der Waals surface area contributed by atoms with Crippen LogP contribution in [-0.4, -0.2) is 19.3 Å². The smallest absolute Gasteiger partial charge is 0.339 e. The predicted molar refractivity (Wildman–Crippen MR) is 81.8 cm³/mol. The largest absolute Gasteiger partial charge is 0.504 e. The van der Waals surface area contributed by atoms with Gasteiger partial charge in [0.05, 0.1) is 5.56 Å². The van der Waals surface area contributed by atoms with Crippen molar-refractivity contribution in [3.8, 4) is 11.5 Å². The Morgan fingerprint density at radius 1 is 1.05 bits per heavy atom. The number of carbonyl (C=O) groups excluding carboxylic acids is 1. The van der Waals surface area contributed by atoms with Crippen molar-refractivity contribution in [3.05, 3.63) is 53.1 Å². The maximum Gasteiger partial charge on any atom is 0.339 e. The number of Topliss-reactive ketones (excluding diaryl/α,β-unsaturated/α-hetero) is 1. The Hall–Kier alpha value is -2.34. The van der Waals surface area contributed by atoms with Gasteiger partial charge in [0.25, 0.3) is 0 Å². The lowest BCUT2D eigenvalue weighted by molar-refractivity contribution is 0.101. The molecule has 0 saturated carbocycles. The van der Waals surface area contributed by atoms with Gasteiger partial charge in [0.1, 0.15) is 4.90 Å². The monoisotopic (exact) mass is 320 g/mol. The molecular formula is C16H16O5S. The molecule has 0 aliphatic carbocycles. The van der Waals surface area contributed by atoms with Crippen LogP contribution in [0.1, 0.15) is 28.4 Å². The summed E-state index contributed by atoms with van der Waals surface area (Å²) in [6.45, 7) is 4.80. The molecule has 0 saturated heterocycles. The zero-order valence-electron chi connectivity index (χ0n) is 12.5. The Morgan fingerprint density at radius 2 is 1.64 bits per heavy atom. The van der Waals surface area contributed by atoms with E-state index in [1.807, 2.05) is 6.92 Å². The molecule has 6 heteroatoms. The Morgan fingerprint density at radius 3 is 2.18 bits per heavy atom. The minimum Gasteiger partial charge on any atom is -0.504 e. The lowest BCUT2D eigenvalue weighted by Gasteiger charge is -2.11. The molecule has 0 heterocycles. The molecule has 0 unspecified atom stereocenters. The predicted octanol–water partition coefficient (Wildman–Crippen LogP) is 2.98. The first-order chi connectivity index (χ1) is 10.2. The summed E-state index contributed by atoms with van der Waals surface area (Å²) in [6, 6.07) is 8.98. The van der Waals surface area contributed by atoms with E-state index in [0.717, 1.165) is 5.56 Å². The fourth-order valence-corrected chi connectivity index (χ4v) is 2.88. The highest BCUT2D eigenvalue weighted by Crippen LogP contribution is 2.34. The van der Waals surface area contributed by atoms with E-state index in [-0.39, 0.29) is 22.0 Å². The van der Waals surface area contributed by atoms with Gasteiger partial charge >= 0.3 is 10.1 Å². The van der Waals surface area contributed by atoms with Gasteiger partial charge in [-0.15, -0.1) is 0 Å². The number of ketones is 1. The lowest BCUT2D eigenvalue weighted by Crippen LogP contribution is -2.10. The molecule has 1 N–H and O–H groups in total. The molecule has 0 radical (unpaired) electrons. The van der Waals surface area contributed by atoms with Crippen molar-refractivity contribution < 1.29 is 22.5 Å². The zero-order chi connectivity index (χ0) is 16.5. The summed E-state index contributed by atoms with van der Waals surface area (Å²) in [7, 11) is -4.08. The van der Waals surface area contributed by atoms with Gasteiger partial charge in [0, 0.05) is 0 Å². The summed E-state index contributed by atoms with van der Waals surface area (Å²) < 4.78 is 29.5. The molecule has 0 atom stereocenters. The molecule has 5 nitrogen and oxygen atoms in total. The van der Waals surface area contributed by atoms with Crippen molar-refractivity contribution in [3.63, 3.8) is 0 Å². The summed E-state index contributed by atoms with van der Waals surface area (Å²) in [5.41, 5.74) is 1.54. The maximum atomic E-state index is 12.2. The van der Waals surface area contributed by atoms with Crippen molar-refractivity contribution in [2.24, 2.45) is 0 Å². The first-order valence-corrected chi connectivity index (χ1v) is 7.97. The van der Waals surface area contributed by atoms with Crippen LogP contribution in [0, 0.1) is 13.8 Å². The Bertz CT molecular complexity index is 820. The van der Waals surface area contributed by atoms with Crippen molar-refractivity contribution in [1.82, 2.24) is 0 Å². The van der Waals surface area contributed by atoms with Crippen LogP contribution in [0.4, 0.5) is 0 Å². The average Bonchev–Trinajstić information content (AvgIpc) is 2.42. The van der Waals surface area contributed by atoms with E-state index in [9.17, 15) is 18.3 Å². The Kier molecular flexibility index (Phi) is 4.23. The van der Waals surface area contributed by atoms with E-state index in [0.29, 0.717) is 5.56 Å². The lowest BCUT2D eigenvalue weighted by atomic mass is 10.1. The minimum absolute atomic E-state index is 0.0223. The summed E-state index contributed by atoms with van der Waals surface area (Å²) in [4.78, 5) is 11.5. The first-order valence-electron chi connectivity index (χ1n) is 6.56. The number of aromatic hydroxyl groups is 1. The molecule has 0 aliphatic rings. The van der Waals surface area contributed by atoms with Gasteiger partial charge in [-0.1, -0.05) is 17.7 Å². The summed E-state index contributed by atoms with van der Waals surface area (Å²) >= 11 is 0. The van der Waals surface area contributed by atoms with Gasteiger partial charge in [0.2, 0.25) is 0 Å². The van der Waals surface area contributed by atoms with E-state index in [2.05, 4.69) is 0 Å². The highest BCUT2D eigenvalue weighted by molar-refractivity contribution is 7.87. The standard InChI is InChI=1S/C16H16O5S/c1-10-4-6-13(7-5-10)22(19,20)21-15-9-11(2)8-14(12(3)17)16(15)18/h4-9,18H,1-3H3. The highest BCUT2D eigenvalue weighted by Gasteiger charge is 2.21. The Labute approximate surface area is 129 Å². The van der Waals surface area contributed by atoms with Gasteiger partial charge in [0.15, 0.2) is 17.3 Å². The molecule has 0 amide bonds. The minimum atomic E-state index is -4.08. The second kappa shape index (κ2) is 5.81. The summed E-state index contributed by atoms with van der Waals surface area (Å²) in [5.74, 6) is -1.11. The van der Waals surface area contributed by atoms with E-state index >= 15 is 0 Å². The van der Waals surface area contributed by atoms with Crippen LogP contribution in [0.15, 0.2) is 41.3 Å². The van der Waals surface area contributed by atoms with E-state index in [1.165, 1.54) is 31.2 Å². The molecule has 2 rings (SSSR count). The van der Waals surface area contributed by atoms with Crippen LogP contribution in [0.3, 0.4) is 0 Å². The van der Waals surface area contributed by atoms with Crippen LogP contribution >= 0.6 is 0 Å². The second-order valence-electron chi connectivity index (χ2n) is 5.07. The number of hydrogen-bond acceptors (Lipinski definition) is 5. The van der Waals surface area contributed by atoms with E-state index < -0.39 is 15.9 Å². The second-order valence-corrected chi connectivity index (χ2v) is 6.61. The third kappa shape index (κ3) is 3.28. The van der Waals surface area contributed by atoms with Gasteiger partial charge < -0.3 is 9.29 Å². The van der Waals surface area contributed by atoms with E-state index in [4.69, 9.17) is 4.18 Å². The SMILES string of the molecule is CC(=O)c1cc(C)cc(OS(=O)(=O)c2ccc(C)cc2)c1O. The number of hydrogen-bond donors (Lipinski definition) is 1. The Balaban J connectivity index is 2.46. The normalized spacial score (nSPS) is 11.2. The quantitative estimate of drug-likeness (QED) is 0.692. The van der Waals surface area contributed by atoms with Crippen molar-refractivity contribution in [1.29, 1.82) is 0 Å². The van der Waals surface area contributed by atoms with Crippen LogP contribution in [0.5, 0.6) is 11.5 Å². The highest BCUT2D eigenvalue weighted by atomic mass is 32.2. The number of phenols is 1. The number of phenolic OH excluding ortho intramolecular Hbond substituents is 1. The molecule has 0 fully saturated rings. The van der Waals surface area contributed by atoms with Crippen LogP contribution in [-0.2, 0) is 10.1 Å². The first kappa shape index (κ1) is 16.0. The fraction of sp³-hybridized carbons (Fsp3) is 0.188. The van der Waals surface area contributed by atoms with Crippen molar-refractivity contribution in [2.75, 3.05) is 0 Å². The number of rotatable bonds is 4. The van der Waals surface area contributed by atoms with Crippen LogP contribution in [0.2, 0.25) is 0 Å². The molecule has 2 aromatic rings. The third-order valence-corrected chi connectivity index (χ3v) is 4.36. The number of aryl methyl sites for hydroxylation is 2. The molecule has 2 aromatic carbocycles. The average molecular weight is 320 g/mol. The van der Waals surface area contributed by atoms with Crippen LogP contribution < -0.4 is 4.18 Å². The van der Waals surface area contributed by atoms with Crippen LogP contribution in [0.25, 0.3) is 0 Å².